The number of pyridine rings is 1. The SMILES string of the molecule is O=C(O)[C@H](O)[C@@H](O)C(=O)O.O=C(O)[C@H](O)[C@@H](O)C(=O)O.c1cncc([C@@H]2CCCN2)c1. The maximum absolute atomic E-state index is 9.77. The Hall–Kier alpha value is -3.17. The predicted molar refractivity (Wildman–Crippen MR) is 98.8 cm³/mol. The van der Waals surface area contributed by atoms with Crippen molar-refractivity contribution < 1.29 is 60.0 Å². The Bertz CT molecular complexity index is 651. The van der Waals surface area contributed by atoms with E-state index in [1.807, 2.05) is 18.5 Å². The summed E-state index contributed by atoms with van der Waals surface area (Å²) in [6.45, 7) is 1.15. The molecule has 1 saturated heterocycles. The van der Waals surface area contributed by atoms with E-state index in [1.165, 1.54) is 18.4 Å². The molecule has 1 aromatic rings. The second-order valence-electron chi connectivity index (χ2n) is 6.07. The van der Waals surface area contributed by atoms with Gasteiger partial charge in [-0.05, 0) is 31.0 Å². The number of aliphatic hydroxyl groups is 4. The number of aliphatic hydroxyl groups excluding tert-OH is 4. The Morgan fingerprint density at radius 2 is 1.26 bits per heavy atom. The van der Waals surface area contributed by atoms with Crippen molar-refractivity contribution in [2.45, 2.75) is 43.3 Å². The van der Waals surface area contributed by atoms with Crippen molar-refractivity contribution in [1.82, 2.24) is 10.3 Å². The van der Waals surface area contributed by atoms with Crippen LogP contribution in [-0.4, -0.2) is 101 Å². The Morgan fingerprint density at radius 1 is 0.839 bits per heavy atom. The second kappa shape index (κ2) is 13.9. The quantitative estimate of drug-likeness (QED) is 0.205. The summed E-state index contributed by atoms with van der Waals surface area (Å²) in [5, 5.41) is 68.5. The van der Waals surface area contributed by atoms with E-state index in [4.69, 9.17) is 40.9 Å². The molecule has 0 unspecified atom stereocenters. The van der Waals surface area contributed by atoms with Crippen LogP contribution in [0.15, 0.2) is 24.5 Å². The number of hydrogen-bond acceptors (Lipinski definition) is 10. The normalized spacial score (nSPS) is 18.6. The standard InChI is InChI=1S/C9H12N2.2C4H6O6/c1-3-8(7-10-5-1)9-4-2-6-11-9;2*5-1(3(7)8)2(6)4(9)10/h1,3,5,7,9,11H,2,4,6H2;2*1-2,5-6H,(H,7,8)(H,9,10)/t9-;2*1-,2-/m011/s1. The van der Waals surface area contributed by atoms with Crippen molar-refractivity contribution in [3.05, 3.63) is 30.1 Å². The first-order chi connectivity index (χ1) is 14.4. The van der Waals surface area contributed by atoms with Crippen LogP contribution in [-0.2, 0) is 19.2 Å². The van der Waals surface area contributed by atoms with Crippen LogP contribution in [0.25, 0.3) is 0 Å². The number of carbonyl (C=O) groups is 4. The van der Waals surface area contributed by atoms with Crippen molar-refractivity contribution in [3.8, 4) is 0 Å². The number of aliphatic carboxylic acids is 4. The molecule has 0 aliphatic carbocycles. The lowest BCUT2D eigenvalue weighted by atomic mass is 10.1. The Balaban J connectivity index is 0.000000437. The van der Waals surface area contributed by atoms with Gasteiger partial charge in [-0.15, -0.1) is 0 Å². The molecule has 9 N–H and O–H groups in total. The first-order valence-electron chi connectivity index (χ1n) is 8.66. The van der Waals surface area contributed by atoms with Gasteiger partial charge >= 0.3 is 23.9 Å². The van der Waals surface area contributed by atoms with Crippen LogP contribution in [0, 0.1) is 0 Å². The van der Waals surface area contributed by atoms with Gasteiger partial charge in [-0.25, -0.2) is 19.2 Å². The van der Waals surface area contributed by atoms with Gasteiger partial charge in [0.1, 0.15) is 0 Å². The van der Waals surface area contributed by atoms with Crippen molar-refractivity contribution >= 4 is 23.9 Å². The average molecular weight is 448 g/mol. The summed E-state index contributed by atoms with van der Waals surface area (Å²) in [6, 6.07) is 4.69. The summed E-state index contributed by atoms with van der Waals surface area (Å²) in [4.78, 5) is 43.2. The minimum atomic E-state index is -2.27. The minimum absolute atomic E-state index is 0.559. The molecule has 0 aromatic carbocycles. The van der Waals surface area contributed by atoms with E-state index < -0.39 is 48.3 Å². The maximum Gasteiger partial charge on any atom is 0.335 e. The van der Waals surface area contributed by atoms with Gasteiger partial charge in [0.05, 0.1) is 0 Å². The number of hydrogen-bond donors (Lipinski definition) is 9. The fraction of sp³-hybridized carbons (Fsp3) is 0.471. The van der Waals surface area contributed by atoms with Gasteiger partial charge in [-0.2, -0.15) is 0 Å². The molecule has 1 fully saturated rings. The van der Waals surface area contributed by atoms with Gasteiger partial charge in [0.25, 0.3) is 0 Å². The van der Waals surface area contributed by atoms with Crippen molar-refractivity contribution in [2.75, 3.05) is 6.54 Å². The molecule has 1 aliphatic rings. The van der Waals surface area contributed by atoms with Gasteiger partial charge in [0, 0.05) is 18.4 Å². The number of nitrogens with one attached hydrogen (secondary N) is 1. The molecule has 174 valence electrons. The lowest BCUT2D eigenvalue weighted by Crippen LogP contribution is -2.39. The smallest absolute Gasteiger partial charge is 0.335 e. The Morgan fingerprint density at radius 3 is 1.52 bits per heavy atom. The number of aromatic nitrogens is 1. The monoisotopic (exact) mass is 448 g/mol. The lowest BCUT2D eigenvalue weighted by Gasteiger charge is -2.08. The number of nitrogens with zero attached hydrogens (tertiary/aromatic N) is 1. The third-order valence-corrected chi connectivity index (χ3v) is 3.76. The highest BCUT2D eigenvalue weighted by molar-refractivity contribution is 5.83. The highest BCUT2D eigenvalue weighted by atomic mass is 16.4. The largest absolute Gasteiger partial charge is 0.479 e. The van der Waals surface area contributed by atoms with E-state index >= 15 is 0 Å². The third-order valence-electron chi connectivity index (χ3n) is 3.76. The fourth-order valence-electron chi connectivity index (χ4n) is 2.09. The summed E-state index contributed by atoms with van der Waals surface area (Å²) < 4.78 is 0. The Kier molecular flexibility index (Phi) is 12.5. The van der Waals surface area contributed by atoms with Crippen molar-refractivity contribution in [1.29, 1.82) is 0 Å². The molecule has 0 radical (unpaired) electrons. The molecule has 0 bridgehead atoms. The third kappa shape index (κ3) is 10.4. The van der Waals surface area contributed by atoms with E-state index in [2.05, 4.69) is 16.4 Å². The minimum Gasteiger partial charge on any atom is -0.479 e. The molecule has 1 aromatic heterocycles. The van der Waals surface area contributed by atoms with Crippen LogP contribution in [0.2, 0.25) is 0 Å². The van der Waals surface area contributed by atoms with E-state index in [1.54, 1.807) is 0 Å². The van der Waals surface area contributed by atoms with Gasteiger partial charge in [-0.3, -0.25) is 4.98 Å². The summed E-state index contributed by atoms with van der Waals surface area (Å²) in [7, 11) is 0. The maximum atomic E-state index is 9.77. The van der Waals surface area contributed by atoms with Gasteiger partial charge in [-0.1, -0.05) is 6.07 Å². The number of carboxylic acid groups (broad SMARTS) is 4. The van der Waals surface area contributed by atoms with Crippen LogP contribution >= 0.6 is 0 Å². The highest BCUT2D eigenvalue weighted by Crippen LogP contribution is 2.21. The molecule has 2 heterocycles. The molecule has 31 heavy (non-hydrogen) atoms. The van der Waals surface area contributed by atoms with E-state index in [0.29, 0.717) is 6.04 Å². The van der Waals surface area contributed by atoms with Crippen LogP contribution in [0.3, 0.4) is 0 Å². The molecule has 5 atom stereocenters. The highest BCUT2D eigenvalue weighted by Gasteiger charge is 2.30. The topological polar surface area (TPSA) is 255 Å². The molecule has 14 nitrogen and oxygen atoms in total. The fourth-order valence-corrected chi connectivity index (χ4v) is 2.09. The number of rotatable bonds is 7. The zero-order valence-corrected chi connectivity index (χ0v) is 16.0. The van der Waals surface area contributed by atoms with Crippen LogP contribution < -0.4 is 5.32 Å². The van der Waals surface area contributed by atoms with Gasteiger partial charge in [0.2, 0.25) is 0 Å². The Labute approximate surface area is 175 Å². The lowest BCUT2D eigenvalue weighted by molar-refractivity contribution is -0.165. The second-order valence-corrected chi connectivity index (χ2v) is 6.07. The molecular weight excluding hydrogens is 424 g/mol. The van der Waals surface area contributed by atoms with Crippen LogP contribution in [0.4, 0.5) is 0 Å². The predicted octanol–water partition coefficient (Wildman–Crippen LogP) is -2.74. The van der Waals surface area contributed by atoms with Gasteiger partial charge in [0.15, 0.2) is 24.4 Å². The molecule has 0 saturated carbocycles. The zero-order chi connectivity index (χ0) is 24.1. The van der Waals surface area contributed by atoms with Crippen molar-refractivity contribution in [2.24, 2.45) is 0 Å². The summed E-state index contributed by atoms with van der Waals surface area (Å²) >= 11 is 0. The first kappa shape index (κ1) is 27.8. The average Bonchev–Trinajstić information content (AvgIpc) is 3.27. The molecule has 1 aliphatic heterocycles. The van der Waals surface area contributed by atoms with E-state index in [0.717, 1.165) is 6.54 Å². The molecule has 14 heteroatoms. The van der Waals surface area contributed by atoms with Crippen LogP contribution in [0.1, 0.15) is 24.4 Å². The first-order valence-corrected chi connectivity index (χ1v) is 8.66. The van der Waals surface area contributed by atoms with Crippen LogP contribution in [0.5, 0.6) is 0 Å². The number of carboxylic acids is 4. The van der Waals surface area contributed by atoms with E-state index in [9.17, 15) is 19.2 Å². The van der Waals surface area contributed by atoms with Gasteiger partial charge < -0.3 is 46.2 Å². The molecule has 0 spiro atoms. The summed E-state index contributed by atoms with van der Waals surface area (Å²) in [5.74, 6) is -7.07. The van der Waals surface area contributed by atoms with E-state index in [-0.39, 0.29) is 0 Å². The van der Waals surface area contributed by atoms with Crippen molar-refractivity contribution in [3.63, 3.8) is 0 Å². The molecule has 0 amide bonds. The zero-order valence-electron chi connectivity index (χ0n) is 16.0. The summed E-state index contributed by atoms with van der Waals surface area (Å²) in [6.07, 6.45) is -2.75. The summed E-state index contributed by atoms with van der Waals surface area (Å²) in [5.41, 5.74) is 1.32. The molecular formula is C17H24N2O12. The molecule has 2 rings (SSSR count).